The molecule has 60 valence electrons. The highest BCUT2D eigenvalue weighted by molar-refractivity contribution is 4.70. The van der Waals surface area contributed by atoms with Gasteiger partial charge in [0.25, 0.3) is 6.43 Å². The molecule has 0 N–H and O–H groups in total. The van der Waals surface area contributed by atoms with Gasteiger partial charge in [-0.05, 0) is 7.05 Å². The first-order valence-electron chi connectivity index (χ1n) is 3.28. The first kappa shape index (κ1) is 7.88. The minimum absolute atomic E-state index is 0.345. The number of alkyl halides is 2. The molecule has 1 saturated heterocycles. The Morgan fingerprint density at radius 1 is 1.60 bits per heavy atom. The lowest BCUT2D eigenvalue weighted by Crippen LogP contribution is -2.43. The molecule has 1 rings (SSSR count). The Hall–Kier alpha value is -0.220. The Morgan fingerprint density at radius 3 is 2.70 bits per heavy atom. The number of hydrogen-bond donors (Lipinski definition) is 0. The standard InChI is InChI=1S/C6H11F2NO/c1-9-2-3-10-5(4-9)6(7)8/h5-6H,2-4H2,1H3/t5-/m0/s1. The summed E-state index contributed by atoms with van der Waals surface area (Å²) in [4.78, 5) is 1.85. The van der Waals surface area contributed by atoms with Crippen molar-refractivity contribution in [1.82, 2.24) is 4.90 Å². The number of ether oxygens (including phenoxy) is 1. The molecule has 2 nitrogen and oxygen atoms in total. The number of nitrogens with zero attached hydrogens (tertiary/aromatic N) is 1. The molecule has 0 aliphatic carbocycles. The molecule has 10 heavy (non-hydrogen) atoms. The molecule has 0 amide bonds. The van der Waals surface area contributed by atoms with Crippen LogP contribution in [0, 0.1) is 0 Å². The van der Waals surface area contributed by atoms with Crippen LogP contribution in [0.1, 0.15) is 0 Å². The van der Waals surface area contributed by atoms with Gasteiger partial charge in [0, 0.05) is 13.1 Å². The van der Waals surface area contributed by atoms with Gasteiger partial charge in [0.2, 0.25) is 0 Å². The van der Waals surface area contributed by atoms with Crippen molar-refractivity contribution in [2.75, 3.05) is 26.7 Å². The summed E-state index contributed by atoms with van der Waals surface area (Å²) in [6, 6.07) is 0. The van der Waals surface area contributed by atoms with Crippen molar-refractivity contribution in [1.29, 1.82) is 0 Å². The fourth-order valence-electron chi connectivity index (χ4n) is 0.964. The Morgan fingerprint density at radius 2 is 2.30 bits per heavy atom. The molecule has 0 radical (unpaired) electrons. The average Bonchev–Trinajstić information content (AvgIpc) is 1.88. The molecule has 1 aliphatic heterocycles. The zero-order chi connectivity index (χ0) is 7.56. The predicted molar refractivity (Wildman–Crippen MR) is 33.2 cm³/mol. The van der Waals surface area contributed by atoms with Crippen molar-refractivity contribution < 1.29 is 13.5 Å². The first-order valence-corrected chi connectivity index (χ1v) is 3.28. The Labute approximate surface area is 58.8 Å². The van der Waals surface area contributed by atoms with Crippen LogP contribution in [0.2, 0.25) is 0 Å². The first-order chi connectivity index (χ1) is 4.70. The van der Waals surface area contributed by atoms with Crippen LogP contribution in [-0.2, 0) is 4.74 Å². The summed E-state index contributed by atoms with van der Waals surface area (Å²) in [5.74, 6) is 0. The average molecular weight is 151 g/mol. The molecule has 1 atom stereocenters. The number of rotatable bonds is 1. The molecule has 1 fully saturated rings. The largest absolute Gasteiger partial charge is 0.370 e. The lowest BCUT2D eigenvalue weighted by Gasteiger charge is -2.29. The molecule has 1 aliphatic rings. The van der Waals surface area contributed by atoms with Gasteiger partial charge in [0.05, 0.1) is 6.61 Å². The smallest absolute Gasteiger partial charge is 0.265 e. The number of morpholine rings is 1. The van der Waals surface area contributed by atoms with Gasteiger partial charge in [-0.15, -0.1) is 0 Å². The summed E-state index contributed by atoms with van der Waals surface area (Å²) in [7, 11) is 1.82. The van der Waals surface area contributed by atoms with Gasteiger partial charge in [0.15, 0.2) is 0 Å². The highest BCUT2D eigenvalue weighted by Crippen LogP contribution is 2.10. The predicted octanol–water partition coefficient (Wildman–Crippen LogP) is 0.582. The Balaban J connectivity index is 2.32. The lowest BCUT2D eigenvalue weighted by atomic mass is 10.3. The van der Waals surface area contributed by atoms with E-state index >= 15 is 0 Å². The summed E-state index contributed by atoms with van der Waals surface area (Å²) in [6.45, 7) is 1.52. The van der Waals surface area contributed by atoms with Gasteiger partial charge in [0.1, 0.15) is 6.10 Å². The third-order valence-corrected chi connectivity index (χ3v) is 1.58. The molecule has 0 aromatic rings. The van der Waals surface area contributed by atoms with Crippen molar-refractivity contribution in [2.45, 2.75) is 12.5 Å². The second-order valence-corrected chi connectivity index (χ2v) is 2.51. The monoisotopic (exact) mass is 151 g/mol. The maximum Gasteiger partial charge on any atom is 0.265 e. The van der Waals surface area contributed by atoms with E-state index in [-0.39, 0.29) is 0 Å². The second-order valence-electron chi connectivity index (χ2n) is 2.51. The zero-order valence-electron chi connectivity index (χ0n) is 5.89. The van der Waals surface area contributed by atoms with E-state index in [0.29, 0.717) is 13.2 Å². The molecule has 0 aromatic carbocycles. The van der Waals surface area contributed by atoms with Gasteiger partial charge in [-0.25, -0.2) is 8.78 Å². The molecular formula is C6H11F2NO. The second kappa shape index (κ2) is 3.25. The molecule has 1 heterocycles. The van der Waals surface area contributed by atoms with Crippen LogP contribution in [-0.4, -0.2) is 44.2 Å². The van der Waals surface area contributed by atoms with Crippen molar-refractivity contribution in [3.8, 4) is 0 Å². The van der Waals surface area contributed by atoms with E-state index in [1.807, 2.05) is 11.9 Å². The fraction of sp³-hybridized carbons (Fsp3) is 1.00. The van der Waals surface area contributed by atoms with Crippen molar-refractivity contribution >= 4 is 0 Å². The lowest BCUT2D eigenvalue weighted by molar-refractivity contribution is -0.0969. The van der Waals surface area contributed by atoms with E-state index in [1.54, 1.807) is 0 Å². The van der Waals surface area contributed by atoms with E-state index in [9.17, 15) is 8.78 Å². The third kappa shape index (κ3) is 1.88. The molecule has 4 heteroatoms. The van der Waals surface area contributed by atoms with Crippen LogP contribution in [0.3, 0.4) is 0 Å². The Bertz CT molecular complexity index is 110. The maximum atomic E-state index is 11.9. The van der Waals surface area contributed by atoms with Gasteiger partial charge >= 0.3 is 0 Å². The molecule has 0 aromatic heterocycles. The van der Waals surface area contributed by atoms with Crippen LogP contribution in [0.5, 0.6) is 0 Å². The molecule has 0 bridgehead atoms. The summed E-state index contributed by atoms with van der Waals surface area (Å²) in [6.07, 6.45) is -3.22. The SMILES string of the molecule is CN1CCO[C@H](C(F)F)C1. The number of hydrogen-bond acceptors (Lipinski definition) is 2. The molecule has 0 unspecified atom stereocenters. The van der Waals surface area contributed by atoms with Crippen molar-refractivity contribution in [2.24, 2.45) is 0 Å². The minimum Gasteiger partial charge on any atom is -0.370 e. The van der Waals surface area contributed by atoms with Crippen LogP contribution in [0.15, 0.2) is 0 Å². The zero-order valence-corrected chi connectivity index (χ0v) is 5.89. The summed E-state index contributed by atoms with van der Waals surface area (Å²) in [5, 5.41) is 0. The molecule has 0 saturated carbocycles. The van der Waals surface area contributed by atoms with E-state index < -0.39 is 12.5 Å². The minimum atomic E-state index is -2.34. The van der Waals surface area contributed by atoms with Gasteiger partial charge < -0.3 is 9.64 Å². The quantitative estimate of drug-likeness (QED) is 0.543. The maximum absolute atomic E-state index is 11.9. The van der Waals surface area contributed by atoms with Crippen LogP contribution >= 0.6 is 0 Å². The summed E-state index contributed by atoms with van der Waals surface area (Å²) < 4.78 is 28.7. The normalized spacial score (nSPS) is 29.4. The fourth-order valence-corrected chi connectivity index (χ4v) is 0.964. The summed E-state index contributed by atoms with van der Waals surface area (Å²) in [5.41, 5.74) is 0. The third-order valence-electron chi connectivity index (χ3n) is 1.58. The van der Waals surface area contributed by atoms with Crippen LogP contribution in [0.4, 0.5) is 8.78 Å². The number of halogens is 2. The summed E-state index contributed by atoms with van der Waals surface area (Å²) >= 11 is 0. The highest BCUT2D eigenvalue weighted by atomic mass is 19.3. The van der Waals surface area contributed by atoms with E-state index in [1.165, 1.54) is 0 Å². The van der Waals surface area contributed by atoms with Gasteiger partial charge in [-0.3, -0.25) is 0 Å². The van der Waals surface area contributed by atoms with Gasteiger partial charge in [-0.2, -0.15) is 0 Å². The van der Waals surface area contributed by atoms with Crippen LogP contribution < -0.4 is 0 Å². The van der Waals surface area contributed by atoms with Crippen molar-refractivity contribution in [3.05, 3.63) is 0 Å². The molecular weight excluding hydrogens is 140 g/mol. The van der Waals surface area contributed by atoms with Gasteiger partial charge in [-0.1, -0.05) is 0 Å². The van der Waals surface area contributed by atoms with Crippen LogP contribution in [0.25, 0.3) is 0 Å². The molecule has 0 spiro atoms. The van der Waals surface area contributed by atoms with Crippen molar-refractivity contribution in [3.63, 3.8) is 0 Å². The van der Waals surface area contributed by atoms with E-state index in [0.717, 1.165) is 6.54 Å². The Kier molecular flexibility index (Phi) is 2.56. The topological polar surface area (TPSA) is 12.5 Å². The highest BCUT2D eigenvalue weighted by Gasteiger charge is 2.25. The number of likely N-dealkylation sites (N-methyl/N-ethyl adjacent to an activating group) is 1. The van der Waals surface area contributed by atoms with E-state index in [4.69, 9.17) is 4.74 Å². The van der Waals surface area contributed by atoms with E-state index in [2.05, 4.69) is 0 Å².